The molecule has 1 aromatic carbocycles. The van der Waals surface area contributed by atoms with Crippen molar-refractivity contribution in [1.29, 1.82) is 0 Å². The van der Waals surface area contributed by atoms with E-state index in [1.54, 1.807) is 0 Å². The minimum atomic E-state index is 0.992. The van der Waals surface area contributed by atoms with Crippen LogP contribution in [0.1, 0.15) is 16.7 Å². The van der Waals surface area contributed by atoms with Gasteiger partial charge in [0.15, 0.2) is 0 Å². The molecule has 0 aliphatic rings. The van der Waals surface area contributed by atoms with Gasteiger partial charge in [0.1, 0.15) is 6.54 Å². The average Bonchev–Trinajstić information content (AvgIpc) is 1.95. The molecule has 0 spiro atoms. The van der Waals surface area contributed by atoms with Crippen LogP contribution in [-0.4, -0.2) is 25.6 Å². The third-order valence-corrected chi connectivity index (χ3v) is 2.28. The van der Waals surface area contributed by atoms with E-state index in [2.05, 4.69) is 53.2 Å². The second kappa shape index (κ2) is 3.51. The summed E-state index contributed by atoms with van der Waals surface area (Å²) in [6.07, 6.45) is 0. The third kappa shape index (κ3) is 2.85. The van der Waals surface area contributed by atoms with Crippen molar-refractivity contribution in [3.8, 4) is 0 Å². The van der Waals surface area contributed by atoms with Gasteiger partial charge in [-0.2, -0.15) is 0 Å². The van der Waals surface area contributed by atoms with E-state index in [4.69, 9.17) is 0 Å². The Bertz CT molecular complexity index is 274. The molecule has 1 rings (SSSR count). The van der Waals surface area contributed by atoms with E-state index in [0.29, 0.717) is 0 Å². The summed E-state index contributed by atoms with van der Waals surface area (Å²) in [7, 11) is 6.68. The molecule has 0 bridgehead atoms. The van der Waals surface area contributed by atoms with Gasteiger partial charge in [-0.15, -0.1) is 0 Å². The number of benzene rings is 1. The first-order valence-corrected chi connectivity index (χ1v) is 4.76. The quantitative estimate of drug-likeness (QED) is 0.610. The molecule has 0 aliphatic carbocycles. The molecular formula is C12H20N+. The summed E-state index contributed by atoms with van der Waals surface area (Å²) in [6.45, 7) is 5.49. The molecule has 1 aromatic rings. The summed E-state index contributed by atoms with van der Waals surface area (Å²) in [5.41, 5.74) is 4.32. The molecule has 0 aliphatic heterocycles. The molecule has 0 radical (unpaired) electrons. The van der Waals surface area contributed by atoms with Gasteiger partial charge < -0.3 is 4.48 Å². The smallest absolute Gasteiger partial charge is 0.104 e. The predicted molar refractivity (Wildman–Crippen MR) is 57.7 cm³/mol. The van der Waals surface area contributed by atoms with Crippen molar-refractivity contribution < 1.29 is 4.48 Å². The number of quaternary nitrogens is 1. The summed E-state index contributed by atoms with van der Waals surface area (Å²) in [6, 6.07) is 6.51. The lowest BCUT2D eigenvalue weighted by molar-refractivity contribution is -0.884. The molecule has 0 saturated heterocycles. The molecule has 0 saturated carbocycles. The van der Waals surface area contributed by atoms with Crippen LogP contribution in [0.5, 0.6) is 0 Å². The average molecular weight is 178 g/mol. The zero-order valence-electron chi connectivity index (χ0n) is 9.39. The highest BCUT2D eigenvalue weighted by Gasteiger charge is 2.12. The maximum Gasteiger partial charge on any atom is 0.104 e. The lowest BCUT2D eigenvalue weighted by atomic mass is 10.0. The fourth-order valence-corrected chi connectivity index (χ4v) is 1.57. The number of hydrogen-bond acceptors (Lipinski definition) is 0. The van der Waals surface area contributed by atoms with Crippen LogP contribution in [-0.2, 0) is 6.54 Å². The summed E-state index contributed by atoms with van der Waals surface area (Å²) in [5.74, 6) is 0. The van der Waals surface area contributed by atoms with E-state index in [1.807, 2.05) is 0 Å². The number of rotatable bonds is 2. The normalized spacial score (nSPS) is 11.8. The van der Waals surface area contributed by atoms with Crippen molar-refractivity contribution in [2.75, 3.05) is 21.1 Å². The Morgan fingerprint density at radius 2 is 1.46 bits per heavy atom. The van der Waals surface area contributed by atoms with Crippen LogP contribution in [0, 0.1) is 13.8 Å². The van der Waals surface area contributed by atoms with Crippen molar-refractivity contribution in [3.05, 3.63) is 34.9 Å². The summed E-state index contributed by atoms with van der Waals surface area (Å²) < 4.78 is 0.992. The molecule has 1 nitrogen and oxygen atoms in total. The first-order chi connectivity index (χ1) is 5.90. The number of hydrogen-bond donors (Lipinski definition) is 0. The Morgan fingerprint density at radius 3 is 1.85 bits per heavy atom. The Hall–Kier alpha value is -0.820. The molecule has 0 amide bonds. The van der Waals surface area contributed by atoms with Gasteiger partial charge >= 0.3 is 0 Å². The second-order valence-corrected chi connectivity index (χ2v) is 4.82. The molecule has 13 heavy (non-hydrogen) atoms. The van der Waals surface area contributed by atoms with Crippen LogP contribution in [0.25, 0.3) is 0 Å². The van der Waals surface area contributed by atoms with Gasteiger partial charge in [0.25, 0.3) is 0 Å². The van der Waals surface area contributed by atoms with Crippen molar-refractivity contribution in [2.24, 2.45) is 0 Å². The van der Waals surface area contributed by atoms with Crippen molar-refractivity contribution in [2.45, 2.75) is 20.4 Å². The SMILES string of the molecule is Cc1cccc(C)c1C[N+](C)(C)C. The van der Waals surface area contributed by atoms with Crippen molar-refractivity contribution in [1.82, 2.24) is 0 Å². The standard InChI is InChI=1S/C12H20N/c1-10-7-6-8-11(2)12(10)9-13(3,4)5/h6-8H,9H2,1-5H3/q+1. The Morgan fingerprint density at radius 1 is 1.00 bits per heavy atom. The highest BCUT2D eigenvalue weighted by molar-refractivity contribution is 5.32. The topological polar surface area (TPSA) is 0 Å². The molecule has 1 heteroatoms. The van der Waals surface area contributed by atoms with Crippen LogP contribution in [0.2, 0.25) is 0 Å². The summed E-state index contributed by atoms with van der Waals surface area (Å²) >= 11 is 0. The van der Waals surface area contributed by atoms with Crippen LogP contribution >= 0.6 is 0 Å². The monoisotopic (exact) mass is 178 g/mol. The molecule has 72 valence electrons. The van der Waals surface area contributed by atoms with Gasteiger partial charge in [-0.05, 0) is 25.0 Å². The maximum absolute atomic E-state index is 2.23. The van der Waals surface area contributed by atoms with E-state index in [1.165, 1.54) is 16.7 Å². The number of nitrogens with zero attached hydrogens (tertiary/aromatic N) is 1. The first-order valence-electron chi connectivity index (χ1n) is 4.76. The lowest BCUT2D eigenvalue weighted by Gasteiger charge is -2.25. The number of aryl methyl sites for hydroxylation is 2. The molecule has 0 fully saturated rings. The highest BCUT2D eigenvalue weighted by Crippen LogP contribution is 2.16. The van der Waals surface area contributed by atoms with Gasteiger partial charge in [0, 0.05) is 5.56 Å². The largest absolute Gasteiger partial charge is 0.327 e. The fraction of sp³-hybridized carbons (Fsp3) is 0.500. The molecule has 0 heterocycles. The van der Waals surface area contributed by atoms with Crippen LogP contribution < -0.4 is 0 Å². The zero-order valence-corrected chi connectivity index (χ0v) is 9.39. The van der Waals surface area contributed by atoms with Crippen LogP contribution in [0.3, 0.4) is 0 Å². The Kier molecular flexibility index (Phi) is 2.77. The van der Waals surface area contributed by atoms with E-state index in [9.17, 15) is 0 Å². The van der Waals surface area contributed by atoms with Crippen molar-refractivity contribution in [3.63, 3.8) is 0 Å². The minimum absolute atomic E-state index is 0.992. The van der Waals surface area contributed by atoms with E-state index in [-0.39, 0.29) is 0 Å². The molecule has 0 atom stereocenters. The summed E-state index contributed by atoms with van der Waals surface area (Å²) in [4.78, 5) is 0. The predicted octanol–water partition coefficient (Wildman–Crippen LogP) is 2.51. The lowest BCUT2D eigenvalue weighted by Crippen LogP contribution is -2.33. The minimum Gasteiger partial charge on any atom is -0.327 e. The maximum atomic E-state index is 2.23. The summed E-state index contributed by atoms with van der Waals surface area (Å²) in [5, 5.41) is 0. The van der Waals surface area contributed by atoms with Gasteiger partial charge in [-0.25, -0.2) is 0 Å². The van der Waals surface area contributed by atoms with Crippen LogP contribution in [0.15, 0.2) is 18.2 Å². The third-order valence-electron chi connectivity index (χ3n) is 2.28. The molecule has 0 unspecified atom stereocenters. The first kappa shape index (κ1) is 10.3. The highest BCUT2D eigenvalue weighted by atomic mass is 15.3. The molecule has 0 N–H and O–H groups in total. The van der Waals surface area contributed by atoms with E-state index in [0.717, 1.165) is 11.0 Å². The Labute approximate surface area is 81.6 Å². The second-order valence-electron chi connectivity index (χ2n) is 4.82. The molecular weight excluding hydrogens is 158 g/mol. The van der Waals surface area contributed by atoms with Crippen molar-refractivity contribution >= 4 is 0 Å². The van der Waals surface area contributed by atoms with Gasteiger partial charge in [0.05, 0.1) is 21.1 Å². The van der Waals surface area contributed by atoms with Crippen LogP contribution in [0.4, 0.5) is 0 Å². The molecule has 0 aromatic heterocycles. The Balaban J connectivity index is 3.00. The van der Waals surface area contributed by atoms with E-state index < -0.39 is 0 Å². The van der Waals surface area contributed by atoms with Gasteiger partial charge in [0.2, 0.25) is 0 Å². The van der Waals surface area contributed by atoms with Gasteiger partial charge in [-0.3, -0.25) is 0 Å². The van der Waals surface area contributed by atoms with E-state index >= 15 is 0 Å². The zero-order chi connectivity index (χ0) is 10.1. The van der Waals surface area contributed by atoms with Gasteiger partial charge in [-0.1, -0.05) is 18.2 Å². The fourth-order valence-electron chi connectivity index (χ4n) is 1.57.